The van der Waals surface area contributed by atoms with Crippen LogP contribution in [0.15, 0.2) is 42.5 Å². The number of aromatic amines is 1. The molecule has 0 saturated heterocycles. The number of aromatic hydroxyl groups is 1. The van der Waals surface area contributed by atoms with Gasteiger partial charge in [-0.25, -0.2) is 0 Å². The number of hydrogen-bond acceptors (Lipinski definition) is 6. The molecule has 1 aliphatic heterocycles. The van der Waals surface area contributed by atoms with Crippen LogP contribution in [0.5, 0.6) is 5.75 Å². The Morgan fingerprint density at radius 3 is 2.96 bits per heavy atom. The molecular weight excluding hydrogens is 332 g/mol. The van der Waals surface area contributed by atoms with E-state index in [0.29, 0.717) is 36.0 Å². The first-order valence-corrected chi connectivity index (χ1v) is 8.40. The van der Waals surface area contributed by atoms with Crippen molar-refractivity contribution in [3.63, 3.8) is 0 Å². The lowest BCUT2D eigenvalue weighted by atomic mass is 10.0. The number of phenols is 1. The molecule has 0 aliphatic carbocycles. The van der Waals surface area contributed by atoms with Gasteiger partial charge in [-0.1, -0.05) is 23.3 Å². The van der Waals surface area contributed by atoms with Gasteiger partial charge in [-0.15, -0.1) is 5.10 Å². The minimum Gasteiger partial charge on any atom is -0.508 e. The highest BCUT2D eigenvalue weighted by Crippen LogP contribution is 2.27. The zero-order chi connectivity index (χ0) is 17.9. The predicted molar refractivity (Wildman–Crippen MR) is 95.1 cm³/mol. The first-order chi connectivity index (χ1) is 12.7. The minimum atomic E-state index is -0.0436. The Labute approximate surface area is 149 Å². The molecular formula is C18H18N6O2. The molecule has 26 heavy (non-hydrogen) atoms. The second-order valence-corrected chi connectivity index (χ2v) is 6.19. The van der Waals surface area contributed by atoms with Crippen molar-refractivity contribution in [2.45, 2.75) is 19.4 Å². The van der Waals surface area contributed by atoms with Crippen molar-refractivity contribution in [2.75, 3.05) is 11.9 Å². The molecule has 1 aromatic heterocycles. The Balaban J connectivity index is 1.55. The second-order valence-electron chi connectivity index (χ2n) is 6.19. The van der Waals surface area contributed by atoms with Crippen molar-refractivity contribution >= 4 is 17.5 Å². The summed E-state index contributed by atoms with van der Waals surface area (Å²) < 4.78 is 0. The number of amides is 1. The molecule has 2 aromatic carbocycles. The maximum Gasteiger partial charge on any atom is 0.267 e. The fourth-order valence-corrected chi connectivity index (χ4v) is 3.22. The topological polar surface area (TPSA) is 107 Å². The highest BCUT2D eigenvalue weighted by atomic mass is 16.3. The van der Waals surface area contributed by atoms with Gasteiger partial charge in [0, 0.05) is 24.3 Å². The van der Waals surface area contributed by atoms with Crippen molar-refractivity contribution in [3.8, 4) is 5.75 Å². The Hall–Kier alpha value is -3.42. The fraction of sp³-hybridized carbons (Fsp3) is 0.222. The molecule has 0 fully saturated rings. The minimum absolute atomic E-state index is 0.0436. The number of anilines is 2. The van der Waals surface area contributed by atoms with E-state index in [9.17, 15) is 9.90 Å². The molecule has 0 saturated carbocycles. The number of carbonyl (C=O) groups is 1. The average molecular weight is 350 g/mol. The summed E-state index contributed by atoms with van der Waals surface area (Å²) in [6.45, 7) is 1.14. The Bertz CT molecular complexity index is 925. The van der Waals surface area contributed by atoms with Crippen LogP contribution in [0.2, 0.25) is 0 Å². The molecule has 132 valence electrons. The third kappa shape index (κ3) is 3.21. The molecule has 0 spiro atoms. The maximum atomic E-state index is 13.0. The summed E-state index contributed by atoms with van der Waals surface area (Å²) in [5.74, 6) is 0.606. The molecule has 4 rings (SSSR count). The summed E-state index contributed by atoms with van der Waals surface area (Å²) in [6, 6.07) is 12.7. The molecule has 3 N–H and O–H groups in total. The number of phenolic OH excluding ortho intramolecular Hbond substituents is 1. The number of H-pyrrole nitrogens is 1. The zero-order valence-electron chi connectivity index (χ0n) is 14.0. The normalized spacial score (nSPS) is 13.8. The van der Waals surface area contributed by atoms with Crippen LogP contribution in [0.25, 0.3) is 0 Å². The van der Waals surface area contributed by atoms with Gasteiger partial charge in [-0.2, -0.15) is 5.21 Å². The first kappa shape index (κ1) is 16.1. The highest BCUT2D eigenvalue weighted by molar-refractivity contribution is 5.95. The maximum absolute atomic E-state index is 13.0. The summed E-state index contributed by atoms with van der Waals surface area (Å²) in [5, 5.41) is 26.6. The van der Waals surface area contributed by atoms with Crippen molar-refractivity contribution < 1.29 is 9.90 Å². The van der Waals surface area contributed by atoms with E-state index in [1.807, 2.05) is 29.2 Å². The number of nitrogens with one attached hydrogen (secondary N) is 2. The van der Waals surface area contributed by atoms with E-state index in [2.05, 4.69) is 25.9 Å². The van der Waals surface area contributed by atoms with Gasteiger partial charge in [0.1, 0.15) is 5.75 Å². The Kier molecular flexibility index (Phi) is 4.22. The SMILES string of the molecule is O=C(c1cccc(Nc2nn[nH]n2)c1)N1CCCc2c(O)cccc2C1. The van der Waals surface area contributed by atoms with Crippen molar-refractivity contribution in [1.29, 1.82) is 0 Å². The summed E-state index contributed by atoms with van der Waals surface area (Å²) in [7, 11) is 0. The molecule has 3 aromatic rings. The third-order valence-electron chi connectivity index (χ3n) is 4.46. The van der Waals surface area contributed by atoms with E-state index in [0.717, 1.165) is 24.0 Å². The number of hydrogen-bond donors (Lipinski definition) is 3. The van der Waals surface area contributed by atoms with Gasteiger partial charge >= 0.3 is 0 Å². The third-order valence-corrected chi connectivity index (χ3v) is 4.46. The van der Waals surface area contributed by atoms with Crippen LogP contribution in [-0.2, 0) is 13.0 Å². The monoisotopic (exact) mass is 350 g/mol. The van der Waals surface area contributed by atoms with Crippen molar-refractivity contribution in [2.24, 2.45) is 0 Å². The fourth-order valence-electron chi connectivity index (χ4n) is 3.22. The van der Waals surface area contributed by atoms with Crippen LogP contribution in [0.4, 0.5) is 11.6 Å². The smallest absolute Gasteiger partial charge is 0.267 e. The van der Waals surface area contributed by atoms with E-state index >= 15 is 0 Å². The largest absolute Gasteiger partial charge is 0.508 e. The molecule has 0 bridgehead atoms. The average Bonchev–Trinajstić information content (AvgIpc) is 3.05. The summed E-state index contributed by atoms with van der Waals surface area (Å²) in [6.07, 6.45) is 1.59. The standard InChI is InChI=1S/C18H18N6O2/c25-16-8-2-5-13-11-24(9-3-7-15(13)16)17(26)12-4-1-6-14(10-12)19-18-20-22-23-21-18/h1-2,4-6,8,10,25H,3,7,9,11H2,(H2,19,20,21,22,23). The Morgan fingerprint density at radius 2 is 2.12 bits per heavy atom. The van der Waals surface area contributed by atoms with Crippen LogP contribution in [-0.4, -0.2) is 43.1 Å². The summed E-state index contributed by atoms with van der Waals surface area (Å²) in [5.41, 5.74) is 3.24. The predicted octanol–water partition coefficient (Wildman–Crippen LogP) is 2.24. The Morgan fingerprint density at radius 1 is 1.23 bits per heavy atom. The van der Waals surface area contributed by atoms with E-state index in [1.165, 1.54) is 0 Å². The van der Waals surface area contributed by atoms with Crippen LogP contribution >= 0.6 is 0 Å². The molecule has 8 nitrogen and oxygen atoms in total. The molecule has 0 unspecified atom stereocenters. The molecule has 1 amide bonds. The lowest BCUT2D eigenvalue weighted by Gasteiger charge is -2.21. The van der Waals surface area contributed by atoms with Crippen LogP contribution in [0.3, 0.4) is 0 Å². The van der Waals surface area contributed by atoms with E-state index in [4.69, 9.17) is 0 Å². The molecule has 0 radical (unpaired) electrons. The molecule has 2 heterocycles. The van der Waals surface area contributed by atoms with E-state index < -0.39 is 0 Å². The highest BCUT2D eigenvalue weighted by Gasteiger charge is 2.21. The van der Waals surface area contributed by atoms with Crippen LogP contribution < -0.4 is 5.32 Å². The van der Waals surface area contributed by atoms with Crippen molar-refractivity contribution in [1.82, 2.24) is 25.5 Å². The van der Waals surface area contributed by atoms with Crippen molar-refractivity contribution in [3.05, 3.63) is 59.2 Å². The lowest BCUT2D eigenvalue weighted by Crippen LogP contribution is -2.30. The summed E-state index contributed by atoms with van der Waals surface area (Å²) >= 11 is 0. The number of carbonyl (C=O) groups excluding carboxylic acids is 1. The summed E-state index contributed by atoms with van der Waals surface area (Å²) in [4.78, 5) is 14.8. The van der Waals surface area contributed by atoms with Gasteiger partial charge in [0.05, 0.1) is 0 Å². The number of aromatic nitrogens is 4. The van der Waals surface area contributed by atoms with Gasteiger partial charge < -0.3 is 15.3 Å². The second kappa shape index (κ2) is 6.83. The van der Waals surface area contributed by atoms with Gasteiger partial charge in [0.2, 0.25) is 0 Å². The molecule has 1 aliphatic rings. The lowest BCUT2D eigenvalue weighted by molar-refractivity contribution is 0.0746. The van der Waals surface area contributed by atoms with Gasteiger partial charge in [-0.05, 0) is 53.4 Å². The van der Waals surface area contributed by atoms with E-state index in [1.54, 1.807) is 18.2 Å². The molecule has 8 heteroatoms. The van der Waals surface area contributed by atoms with Gasteiger partial charge in [-0.3, -0.25) is 4.79 Å². The number of tetrazole rings is 1. The number of rotatable bonds is 3. The number of benzene rings is 2. The first-order valence-electron chi connectivity index (χ1n) is 8.40. The zero-order valence-corrected chi connectivity index (χ0v) is 14.0. The van der Waals surface area contributed by atoms with Crippen LogP contribution in [0.1, 0.15) is 27.9 Å². The number of nitrogens with zero attached hydrogens (tertiary/aromatic N) is 4. The number of fused-ring (bicyclic) bond motifs is 1. The van der Waals surface area contributed by atoms with Gasteiger partial charge in [0.15, 0.2) is 0 Å². The van der Waals surface area contributed by atoms with E-state index in [-0.39, 0.29) is 5.91 Å². The molecule has 0 atom stereocenters. The quantitative estimate of drug-likeness (QED) is 0.669. The van der Waals surface area contributed by atoms with Gasteiger partial charge in [0.25, 0.3) is 11.9 Å². The van der Waals surface area contributed by atoms with Crippen LogP contribution in [0, 0.1) is 0 Å².